The zero-order valence-electron chi connectivity index (χ0n) is 20.4. The number of ether oxygens (including phenoxy) is 2. The number of aromatic nitrogens is 2. The van der Waals surface area contributed by atoms with Crippen LogP contribution in [0.2, 0.25) is 25.7 Å². The summed E-state index contributed by atoms with van der Waals surface area (Å²) < 4.78 is 36.8. The first-order chi connectivity index (χ1) is 16.5. The molecule has 1 N–H and O–H groups in total. The third-order valence-corrected chi connectivity index (χ3v) is 9.05. The first-order valence-electron chi connectivity index (χ1n) is 11.2. The highest BCUT2D eigenvalue weighted by molar-refractivity contribution is 7.90. The Morgan fingerprint density at radius 1 is 1.09 bits per heavy atom. The second-order valence-electron chi connectivity index (χ2n) is 9.49. The van der Waals surface area contributed by atoms with Crippen molar-refractivity contribution in [3.63, 3.8) is 0 Å². The maximum Gasteiger partial charge on any atom is 0.408 e. The van der Waals surface area contributed by atoms with Crippen molar-refractivity contribution in [1.82, 2.24) is 14.5 Å². The minimum atomic E-state index is -3.58. The van der Waals surface area contributed by atoms with E-state index >= 15 is 0 Å². The van der Waals surface area contributed by atoms with Gasteiger partial charge < -0.3 is 14.8 Å². The van der Waals surface area contributed by atoms with E-state index in [1.165, 1.54) is 13.3 Å². The van der Waals surface area contributed by atoms with Gasteiger partial charge >= 0.3 is 12.1 Å². The summed E-state index contributed by atoms with van der Waals surface area (Å²) in [6.07, 6.45) is 0.877. The summed E-state index contributed by atoms with van der Waals surface area (Å²) in [5.41, 5.74) is 1.99. The van der Waals surface area contributed by atoms with E-state index < -0.39 is 36.2 Å². The van der Waals surface area contributed by atoms with Crippen molar-refractivity contribution in [2.24, 2.45) is 0 Å². The van der Waals surface area contributed by atoms with Crippen molar-refractivity contribution in [3.05, 3.63) is 65.9 Å². The van der Waals surface area contributed by atoms with Crippen molar-refractivity contribution in [2.45, 2.75) is 44.8 Å². The van der Waals surface area contributed by atoms with E-state index in [0.29, 0.717) is 22.5 Å². The van der Waals surface area contributed by atoms with E-state index in [9.17, 15) is 18.0 Å². The van der Waals surface area contributed by atoms with Crippen LogP contribution in [0.25, 0.3) is 10.9 Å². The van der Waals surface area contributed by atoms with Crippen molar-refractivity contribution in [3.8, 4) is 0 Å². The van der Waals surface area contributed by atoms with Gasteiger partial charge in [0.25, 0.3) is 10.0 Å². The molecule has 188 valence electrons. The topological polar surface area (TPSA) is 117 Å². The van der Waals surface area contributed by atoms with E-state index in [1.54, 1.807) is 18.2 Å². The molecule has 1 atom stereocenters. The molecule has 0 aliphatic rings. The highest BCUT2D eigenvalue weighted by Crippen LogP contribution is 2.20. The van der Waals surface area contributed by atoms with Crippen LogP contribution in [0, 0.1) is 0 Å². The van der Waals surface area contributed by atoms with E-state index in [1.807, 2.05) is 30.3 Å². The summed E-state index contributed by atoms with van der Waals surface area (Å²) in [7, 11) is -3.88. The van der Waals surface area contributed by atoms with Gasteiger partial charge in [0.1, 0.15) is 12.6 Å². The summed E-state index contributed by atoms with van der Waals surface area (Å²) in [5.74, 6) is -0.577. The molecule has 3 rings (SSSR count). The number of nitrogens with zero attached hydrogens (tertiary/aromatic N) is 2. The van der Waals surface area contributed by atoms with Crippen LogP contribution in [0.4, 0.5) is 4.79 Å². The van der Waals surface area contributed by atoms with Crippen molar-refractivity contribution in [1.29, 1.82) is 0 Å². The number of hydrogen-bond acceptors (Lipinski definition) is 7. The number of methoxy groups -OCH3 is 1. The van der Waals surface area contributed by atoms with Crippen molar-refractivity contribution >= 4 is 41.1 Å². The Hall–Kier alpha value is -3.18. The van der Waals surface area contributed by atoms with Crippen molar-refractivity contribution in [2.75, 3.05) is 12.9 Å². The molecule has 2 aromatic carbocycles. The van der Waals surface area contributed by atoms with Gasteiger partial charge in [-0.25, -0.2) is 18.0 Å². The molecular weight excluding hydrogens is 486 g/mol. The monoisotopic (exact) mass is 517 g/mol. The van der Waals surface area contributed by atoms with Gasteiger partial charge in [-0.15, -0.1) is 0 Å². The summed E-state index contributed by atoms with van der Waals surface area (Å²) in [6.45, 7) is 6.44. The smallest absolute Gasteiger partial charge is 0.408 e. The van der Waals surface area contributed by atoms with Crippen LogP contribution < -0.4 is 5.32 Å². The van der Waals surface area contributed by atoms with E-state index in [2.05, 4.69) is 30.1 Å². The number of fused-ring (bicyclic) bond motifs is 1. The summed E-state index contributed by atoms with van der Waals surface area (Å²) in [4.78, 5) is 24.6. The number of benzene rings is 2. The molecule has 0 saturated heterocycles. The minimum absolute atomic E-state index is 0.0423. The van der Waals surface area contributed by atoms with Gasteiger partial charge in [-0.3, -0.25) is 0 Å². The Bertz CT molecular complexity index is 1290. The van der Waals surface area contributed by atoms with E-state index in [-0.39, 0.29) is 18.8 Å². The molecule has 1 amide bonds. The largest absolute Gasteiger partial charge is 0.467 e. The maximum absolute atomic E-state index is 12.8. The Labute approximate surface area is 206 Å². The molecule has 1 aromatic heterocycles. The molecule has 0 bridgehead atoms. The number of alkyl carbamates (subject to hydrolysis) is 1. The van der Waals surface area contributed by atoms with Crippen molar-refractivity contribution < 1.29 is 27.5 Å². The molecule has 1 heterocycles. The van der Waals surface area contributed by atoms with Gasteiger partial charge in [-0.2, -0.15) is 9.19 Å². The number of carbonyl (C=O) groups is 2. The number of nitrogens with one attached hydrogen (secondary N) is 1. The lowest BCUT2D eigenvalue weighted by molar-refractivity contribution is -0.143. The lowest BCUT2D eigenvalue weighted by atomic mass is 10.0. The summed E-state index contributed by atoms with van der Waals surface area (Å²) in [6, 6.07) is 14.0. The third-order valence-electron chi connectivity index (χ3n) is 5.40. The fourth-order valence-corrected chi connectivity index (χ4v) is 7.72. The first-order valence-corrected chi connectivity index (χ1v) is 16.5. The quantitative estimate of drug-likeness (QED) is 0.323. The fourth-order valence-electron chi connectivity index (χ4n) is 3.41. The van der Waals surface area contributed by atoms with Gasteiger partial charge in [0.2, 0.25) is 0 Å². The average molecular weight is 518 g/mol. The molecule has 11 heteroatoms. The summed E-state index contributed by atoms with van der Waals surface area (Å²) >= 11 is 0. The highest BCUT2D eigenvalue weighted by atomic mass is 32.2. The number of amides is 1. The summed E-state index contributed by atoms with van der Waals surface area (Å²) in [5, 5.41) is 7.27. The Morgan fingerprint density at radius 3 is 2.46 bits per heavy atom. The number of hydrogen-bond donors (Lipinski definition) is 1. The fraction of sp³-hybridized carbons (Fsp3) is 0.375. The van der Waals surface area contributed by atoms with Crippen LogP contribution in [0.3, 0.4) is 0 Å². The number of esters is 1. The van der Waals surface area contributed by atoms with Crippen LogP contribution in [0.15, 0.2) is 54.7 Å². The zero-order valence-corrected chi connectivity index (χ0v) is 22.2. The van der Waals surface area contributed by atoms with E-state index in [4.69, 9.17) is 9.47 Å². The molecule has 0 spiro atoms. The molecule has 3 aromatic rings. The molecule has 0 saturated carbocycles. The minimum Gasteiger partial charge on any atom is -0.467 e. The standard InChI is InChI=1S/C24H31N3O6SSi/c1-32-23(28)21(26-24(29)33-17-18-8-6-5-7-9-18)15-19-10-11-22-20(14-19)16-25-27(22)34(30,31)12-13-35(2,3)4/h5-11,14,16,21H,12-13,15,17H2,1-4H3,(H,26,29). The molecular formula is C24H31N3O6SSi. The third kappa shape index (κ3) is 7.40. The number of rotatable bonds is 10. The average Bonchev–Trinajstić information content (AvgIpc) is 3.25. The Kier molecular flexibility index (Phi) is 8.33. The molecule has 9 nitrogen and oxygen atoms in total. The highest BCUT2D eigenvalue weighted by Gasteiger charge is 2.25. The second-order valence-corrected chi connectivity index (χ2v) is 17.0. The lowest BCUT2D eigenvalue weighted by Gasteiger charge is -2.17. The van der Waals surface area contributed by atoms with Crippen LogP contribution in [-0.4, -0.2) is 56.6 Å². The molecule has 0 aliphatic heterocycles. The van der Waals surface area contributed by atoms with Crippen LogP contribution in [-0.2, 0) is 37.3 Å². The van der Waals surface area contributed by atoms with Gasteiger partial charge in [-0.1, -0.05) is 56.0 Å². The lowest BCUT2D eigenvalue weighted by Crippen LogP contribution is -2.43. The second kappa shape index (κ2) is 11.0. The van der Waals surface area contributed by atoms with Gasteiger partial charge in [-0.05, 0) is 29.3 Å². The molecule has 35 heavy (non-hydrogen) atoms. The van der Waals surface area contributed by atoms with Crippen LogP contribution in [0.1, 0.15) is 11.1 Å². The normalized spacial score (nSPS) is 12.8. The van der Waals surface area contributed by atoms with Gasteiger partial charge in [0.05, 0.1) is 24.6 Å². The molecule has 0 radical (unpaired) electrons. The molecule has 0 fully saturated rings. The maximum atomic E-state index is 12.8. The van der Waals surface area contributed by atoms with Crippen LogP contribution in [0.5, 0.6) is 0 Å². The van der Waals surface area contributed by atoms with Crippen LogP contribution >= 0.6 is 0 Å². The number of carbonyl (C=O) groups excluding carboxylic acids is 2. The predicted octanol–water partition coefficient (Wildman–Crippen LogP) is 3.56. The first kappa shape index (κ1) is 26.4. The Balaban J connectivity index is 1.72. The molecule has 1 unspecified atom stereocenters. The SMILES string of the molecule is COC(=O)C(Cc1ccc2c(cnn2S(=O)(=O)CC[Si](C)(C)C)c1)NC(=O)OCc1ccccc1. The van der Waals surface area contributed by atoms with Gasteiger partial charge in [0.15, 0.2) is 0 Å². The van der Waals surface area contributed by atoms with Gasteiger partial charge in [0, 0.05) is 19.9 Å². The van der Waals surface area contributed by atoms with E-state index in [0.717, 1.165) is 9.65 Å². The predicted molar refractivity (Wildman–Crippen MR) is 136 cm³/mol. The Morgan fingerprint density at radius 2 is 1.80 bits per heavy atom. The zero-order chi connectivity index (χ0) is 25.6. The molecule has 0 aliphatic carbocycles.